The van der Waals surface area contributed by atoms with E-state index in [0.29, 0.717) is 46.6 Å². The van der Waals surface area contributed by atoms with Crippen molar-refractivity contribution in [3.05, 3.63) is 57.1 Å². The fourth-order valence-electron chi connectivity index (χ4n) is 3.88. The van der Waals surface area contributed by atoms with Gasteiger partial charge < -0.3 is 5.32 Å². The minimum absolute atomic E-state index is 0.136. The fraction of sp³-hybridized carbons (Fsp3) is 0.381. The van der Waals surface area contributed by atoms with E-state index in [1.165, 1.54) is 4.31 Å². The number of nitrogens with zero attached hydrogens (tertiary/aromatic N) is 1. The molecule has 1 aliphatic heterocycles. The van der Waals surface area contributed by atoms with Crippen molar-refractivity contribution in [3.63, 3.8) is 0 Å². The number of anilines is 1. The van der Waals surface area contributed by atoms with Crippen LogP contribution in [0.3, 0.4) is 0 Å². The molecule has 0 aliphatic carbocycles. The van der Waals surface area contributed by atoms with Crippen LogP contribution in [-0.2, 0) is 14.8 Å². The molecular formula is C21H24Cl2N2O3S. The molecular weight excluding hydrogens is 431 g/mol. The second kappa shape index (κ2) is 8.64. The van der Waals surface area contributed by atoms with Crippen LogP contribution in [-0.4, -0.2) is 31.7 Å². The van der Waals surface area contributed by atoms with Gasteiger partial charge in [-0.25, -0.2) is 8.42 Å². The summed E-state index contributed by atoms with van der Waals surface area (Å²) in [4.78, 5) is 13.0. The van der Waals surface area contributed by atoms with Gasteiger partial charge in [0.25, 0.3) is 0 Å². The van der Waals surface area contributed by atoms with Crippen LogP contribution in [0.2, 0.25) is 10.0 Å². The number of piperidine rings is 1. The maximum Gasteiger partial charge on any atom is 0.243 e. The fourth-order valence-corrected chi connectivity index (χ4v) is 6.06. The summed E-state index contributed by atoms with van der Waals surface area (Å²) < 4.78 is 27.8. The highest BCUT2D eigenvalue weighted by atomic mass is 35.5. The molecule has 0 radical (unpaired) electrons. The molecule has 1 aliphatic rings. The summed E-state index contributed by atoms with van der Waals surface area (Å²) in [5.41, 5.74) is 3.12. The first-order valence-electron chi connectivity index (χ1n) is 9.43. The Labute approximate surface area is 182 Å². The summed E-state index contributed by atoms with van der Waals surface area (Å²) in [7, 11) is -3.59. The van der Waals surface area contributed by atoms with E-state index in [2.05, 4.69) is 5.32 Å². The number of hydrogen-bond acceptors (Lipinski definition) is 3. The van der Waals surface area contributed by atoms with Crippen molar-refractivity contribution in [2.24, 2.45) is 5.92 Å². The number of hydrogen-bond donors (Lipinski definition) is 1. The molecule has 2 aromatic carbocycles. The number of carbonyl (C=O) groups is 1. The molecule has 8 heteroatoms. The number of nitrogens with one attached hydrogen (secondary N) is 1. The summed E-state index contributed by atoms with van der Waals surface area (Å²) in [5.74, 6) is -0.390. The number of sulfonamides is 1. The lowest BCUT2D eigenvalue weighted by Crippen LogP contribution is -2.41. The van der Waals surface area contributed by atoms with Crippen LogP contribution in [0.25, 0.3) is 0 Å². The summed E-state index contributed by atoms with van der Waals surface area (Å²) in [5, 5.41) is 3.63. The standard InChI is InChI=1S/C21H24Cl2N2O3S/c1-13-10-14(2)20(15(3)11-13)29(27,28)25-8-6-16(7-9-25)21(26)24-17-4-5-18(22)19(23)12-17/h4-5,10-12,16H,6-9H2,1-3H3,(H,24,26). The molecule has 1 N–H and O–H groups in total. The molecule has 5 nitrogen and oxygen atoms in total. The summed E-state index contributed by atoms with van der Waals surface area (Å²) in [6, 6.07) is 8.69. The van der Waals surface area contributed by atoms with Crippen molar-refractivity contribution >= 4 is 44.8 Å². The van der Waals surface area contributed by atoms with Crippen LogP contribution in [0.15, 0.2) is 35.2 Å². The van der Waals surface area contributed by atoms with Crippen molar-refractivity contribution in [3.8, 4) is 0 Å². The smallest absolute Gasteiger partial charge is 0.243 e. The van der Waals surface area contributed by atoms with Gasteiger partial charge >= 0.3 is 0 Å². The normalized spacial score (nSPS) is 16.0. The van der Waals surface area contributed by atoms with Crippen LogP contribution in [0.1, 0.15) is 29.5 Å². The molecule has 3 rings (SSSR count). The van der Waals surface area contributed by atoms with Crippen molar-refractivity contribution in [2.75, 3.05) is 18.4 Å². The van der Waals surface area contributed by atoms with Gasteiger partial charge in [-0.05, 0) is 62.9 Å². The van der Waals surface area contributed by atoms with Gasteiger partial charge in [0.2, 0.25) is 15.9 Å². The first kappa shape index (κ1) is 22.1. The molecule has 0 aromatic heterocycles. The van der Waals surface area contributed by atoms with Crippen LogP contribution in [0.4, 0.5) is 5.69 Å². The lowest BCUT2D eigenvalue weighted by molar-refractivity contribution is -0.120. The largest absolute Gasteiger partial charge is 0.326 e. The molecule has 2 aromatic rings. The lowest BCUT2D eigenvalue weighted by atomic mass is 9.97. The first-order chi connectivity index (χ1) is 13.6. The van der Waals surface area contributed by atoms with Crippen LogP contribution in [0.5, 0.6) is 0 Å². The van der Waals surface area contributed by atoms with Gasteiger partial charge in [0.1, 0.15) is 0 Å². The second-order valence-electron chi connectivity index (χ2n) is 7.52. The van der Waals surface area contributed by atoms with Crippen molar-refractivity contribution < 1.29 is 13.2 Å². The quantitative estimate of drug-likeness (QED) is 0.709. The number of rotatable bonds is 4. The molecule has 1 fully saturated rings. The Morgan fingerprint density at radius 1 is 1.00 bits per heavy atom. The van der Waals surface area contributed by atoms with Gasteiger partial charge in [0.05, 0.1) is 14.9 Å². The van der Waals surface area contributed by atoms with Gasteiger partial charge in [-0.1, -0.05) is 40.9 Å². The minimum Gasteiger partial charge on any atom is -0.326 e. The summed E-state index contributed by atoms with van der Waals surface area (Å²) in [6.45, 7) is 6.23. The Balaban J connectivity index is 1.68. The SMILES string of the molecule is Cc1cc(C)c(S(=O)(=O)N2CCC(C(=O)Nc3ccc(Cl)c(Cl)c3)CC2)c(C)c1. The third-order valence-corrected chi connectivity index (χ3v) is 8.16. The molecule has 156 valence electrons. The first-order valence-corrected chi connectivity index (χ1v) is 11.6. The number of benzene rings is 2. The van der Waals surface area contributed by atoms with E-state index in [1.54, 1.807) is 18.2 Å². The number of amides is 1. The molecule has 29 heavy (non-hydrogen) atoms. The molecule has 0 bridgehead atoms. The van der Waals surface area contributed by atoms with E-state index in [0.717, 1.165) is 16.7 Å². The molecule has 0 saturated carbocycles. The Kier molecular flexibility index (Phi) is 6.58. The average Bonchev–Trinajstić information content (AvgIpc) is 2.63. The maximum atomic E-state index is 13.2. The van der Waals surface area contributed by atoms with E-state index in [1.807, 2.05) is 32.9 Å². The van der Waals surface area contributed by atoms with E-state index < -0.39 is 10.0 Å². The predicted octanol–water partition coefficient (Wildman–Crippen LogP) is 4.96. The van der Waals surface area contributed by atoms with Crippen molar-refractivity contribution in [1.29, 1.82) is 0 Å². The number of aryl methyl sites for hydroxylation is 3. The Morgan fingerprint density at radius 3 is 2.14 bits per heavy atom. The third kappa shape index (κ3) is 4.77. The highest BCUT2D eigenvalue weighted by molar-refractivity contribution is 7.89. The van der Waals surface area contributed by atoms with Crippen LogP contribution in [0, 0.1) is 26.7 Å². The van der Waals surface area contributed by atoms with E-state index in [4.69, 9.17) is 23.2 Å². The molecule has 0 spiro atoms. The van der Waals surface area contributed by atoms with Gasteiger partial charge in [0.15, 0.2) is 0 Å². The molecule has 1 amide bonds. The van der Waals surface area contributed by atoms with E-state index in [9.17, 15) is 13.2 Å². The van der Waals surface area contributed by atoms with Gasteiger partial charge in [0, 0.05) is 24.7 Å². The number of halogens is 2. The molecule has 0 atom stereocenters. The summed E-state index contributed by atoms with van der Waals surface area (Å²) >= 11 is 11.9. The third-order valence-electron chi connectivity index (χ3n) is 5.21. The summed E-state index contributed by atoms with van der Waals surface area (Å²) in [6.07, 6.45) is 0.937. The monoisotopic (exact) mass is 454 g/mol. The van der Waals surface area contributed by atoms with Crippen molar-refractivity contribution in [1.82, 2.24) is 4.31 Å². The molecule has 0 unspecified atom stereocenters. The minimum atomic E-state index is -3.59. The topological polar surface area (TPSA) is 66.5 Å². The molecule has 1 saturated heterocycles. The zero-order chi connectivity index (χ0) is 21.3. The van der Waals surface area contributed by atoms with Gasteiger partial charge in [-0.2, -0.15) is 4.31 Å². The van der Waals surface area contributed by atoms with Crippen LogP contribution >= 0.6 is 23.2 Å². The highest BCUT2D eigenvalue weighted by Crippen LogP contribution is 2.30. The highest BCUT2D eigenvalue weighted by Gasteiger charge is 2.33. The van der Waals surface area contributed by atoms with Crippen molar-refractivity contribution in [2.45, 2.75) is 38.5 Å². The van der Waals surface area contributed by atoms with E-state index in [-0.39, 0.29) is 11.8 Å². The van der Waals surface area contributed by atoms with Crippen LogP contribution < -0.4 is 5.32 Å². The molecule has 1 heterocycles. The van der Waals surface area contributed by atoms with Gasteiger partial charge in [-0.15, -0.1) is 0 Å². The Bertz CT molecular complexity index is 1020. The second-order valence-corrected chi connectivity index (χ2v) is 10.2. The number of carbonyl (C=O) groups excluding carboxylic acids is 1. The lowest BCUT2D eigenvalue weighted by Gasteiger charge is -2.31. The van der Waals surface area contributed by atoms with E-state index >= 15 is 0 Å². The Morgan fingerprint density at radius 2 is 1.59 bits per heavy atom. The Hall–Kier alpha value is -1.60. The maximum absolute atomic E-state index is 13.2. The average molecular weight is 455 g/mol. The zero-order valence-corrected chi connectivity index (χ0v) is 19.0. The predicted molar refractivity (Wildman–Crippen MR) is 117 cm³/mol. The zero-order valence-electron chi connectivity index (χ0n) is 16.6. The van der Waals surface area contributed by atoms with Gasteiger partial charge in [-0.3, -0.25) is 4.79 Å².